The van der Waals surface area contributed by atoms with E-state index in [1.165, 1.54) is 25.7 Å². The van der Waals surface area contributed by atoms with Crippen LogP contribution < -0.4 is 5.32 Å². The van der Waals surface area contributed by atoms with Crippen LogP contribution in [0.15, 0.2) is 0 Å². The van der Waals surface area contributed by atoms with Crippen molar-refractivity contribution < 1.29 is 9.90 Å². The standard InChI is InChI=1S/C10H19NO2/c1-8-2-4-9(5-3-8)11-7-6-10(12)13/h8-9,11H,2-7H2,1H3,(H,12,13). The summed E-state index contributed by atoms with van der Waals surface area (Å²) in [6.07, 6.45) is 5.23. The topological polar surface area (TPSA) is 49.3 Å². The largest absolute Gasteiger partial charge is 0.481 e. The number of carboxylic acid groups (broad SMARTS) is 1. The van der Waals surface area contributed by atoms with E-state index in [-0.39, 0.29) is 6.42 Å². The van der Waals surface area contributed by atoms with Gasteiger partial charge in [0.25, 0.3) is 0 Å². The number of hydrogen-bond donors (Lipinski definition) is 2. The highest BCUT2D eigenvalue weighted by Gasteiger charge is 2.17. The summed E-state index contributed by atoms with van der Waals surface area (Å²) in [4.78, 5) is 10.3. The number of rotatable bonds is 4. The van der Waals surface area contributed by atoms with Gasteiger partial charge in [-0.05, 0) is 31.6 Å². The van der Waals surface area contributed by atoms with Crippen LogP contribution in [0.2, 0.25) is 0 Å². The minimum absolute atomic E-state index is 0.242. The van der Waals surface area contributed by atoms with Gasteiger partial charge in [0.15, 0.2) is 0 Å². The fourth-order valence-corrected chi connectivity index (χ4v) is 1.85. The first-order chi connectivity index (χ1) is 6.18. The van der Waals surface area contributed by atoms with Crippen molar-refractivity contribution in [3.63, 3.8) is 0 Å². The fourth-order valence-electron chi connectivity index (χ4n) is 1.85. The molecule has 0 bridgehead atoms. The van der Waals surface area contributed by atoms with Crippen molar-refractivity contribution in [1.82, 2.24) is 5.32 Å². The molecule has 2 N–H and O–H groups in total. The molecular formula is C10H19NO2. The fraction of sp³-hybridized carbons (Fsp3) is 0.900. The zero-order valence-corrected chi connectivity index (χ0v) is 8.25. The summed E-state index contributed by atoms with van der Waals surface area (Å²) in [6, 6.07) is 0.565. The Balaban J connectivity index is 2.05. The monoisotopic (exact) mass is 185 g/mol. The second-order valence-corrected chi connectivity index (χ2v) is 4.05. The molecule has 0 amide bonds. The number of aliphatic carboxylic acids is 1. The Hall–Kier alpha value is -0.570. The molecule has 1 aliphatic carbocycles. The molecule has 3 nitrogen and oxygen atoms in total. The van der Waals surface area contributed by atoms with Crippen molar-refractivity contribution in [3.05, 3.63) is 0 Å². The van der Waals surface area contributed by atoms with Gasteiger partial charge in [0.1, 0.15) is 0 Å². The molecule has 1 aliphatic rings. The van der Waals surface area contributed by atoms with Crippen LogP contribution in [0.25, 0.3) is 0 Å². The van der Waals surface area contributed by atoms with Gasteiger partial charge in [-0.15, -0.1) is 0 Å². The summed E-state index contributed by atoms with van der Waals surface area (Å²) in [5.74, 6) is 0.147. The van der Waals surface area contributed by atoms with Crippen molar-refractivity contribution in [1.29, 1.82) is 0 Å². The van der Waals surface area contributed by atoms with Gasteiger partial charge in [-0.3, -0.25) is 4.79 Å². The average Bonchev–Trinajstić information content (AvgIpc) is 2.08. The number of carboxylic acids is 1. The Morgan fingerprint density at radius 3 is 2.54 bits per heavy atom. The molecule has 1 rings (SSSR count). The smallest absolute Gasteiger partial charge is 0.304 e. The molecule has 13 heavy (non-hydrogen) atoms. The molecule has 0 radical (unpaired) electrons. The molecule has 1 saturated carbocycles. The predicted molar refractivity (Wildman–Crippen MR) is 51.7 cm³/mol. The Morgan fingerprint density at radius 1 is 1.38 bits per heavy atom. The Kier molecular flexibility index (Phi) is 4.22. The zero-order valence-electron chi connectivity index (χ0n) is 8.25. The highest BCUT2D eigenvalue weighted by atomic mass is 16.4. The lowest BCUT2D eigenvalue weighted by Gasteiger charge is -2.26. The van der Waals surface area contributed by atoms with Gasteiger partial charge in [-0.25, -0.2) is 0 Å². The summed E-state index contributed by atoms with van der Waals surface area (Å²) < 4.78 is 0. The Bertz CT molecular complexity index is 162. The lowest BCUT2D eigenvalue weighted by Crippen LogP contribution is -2.34. The van der Waals surface area contributed by atoms with Crippen molar-refractivity contribution in [3.8, 4) is 0 Å². The number of nitrogens with one attached hydrogen (secondary N) is 1. The maximum absolute atomic E-state index is 10.3. The van der Waals surface area contributed by atoms with Crippen molar-refractivity contribution in [2.75, 3.05) is 6.54 Å². The van der Waals surface area contributed by atoms with Gasteiger partial charge >= 0.3 is 5.97 Å². The molecule has 0 spiro atoms. The van der Waals surface area contributed by atoms with Gasteiger partial charge in [-0.1, -0.05) is 6.92 Å². The summed E-state index contributed by atoms with van der Waals surface area (Å²) in [5.41, 5.74) is 0. The first-order valence-electron chi connectivity index (χ1n) is 5.13. The minimum Gasteiger partial charge on any atom is -0.481 e. The SMILES string of the molecule is CC1CCC(NCCC(=O)O)CC1. The molecule has 1 fully saturated rings. The van der Waals surface area contributed by atoms with E-state index >= 15 is 0 Å². The van der Waals surface area contributed by atoms with Crippen LogP contribution in [0.1, 0.15) is 39.0 Å². The third-order valence-corrected chi connectivity index (χ3v) is 2.79. The quantitative estimate of drug-likeness (QED) is 0.700. The molecule has 76 valence electrons. The molecule has 0 heterocycles. The Labute approximate surface area is 79.5 Å². The highest BCUT2D eigenvalue weighted by Crippen LogP contribution is 2.23. The van der Waals surface area contributed by atoms with Gasteiger partial charge in [0, 0.05) is 12.6 Å². The molecular weight excluding hydrogens is 166 g/mol. The highest BCUT2D eigenvalue weighted by molar-refractivity contribution is 5.66. The summed E-state index contributed by atoms with van der Waals surface area (Å²) in [7, 11) is 0. The maximum Gasteiger partial charge on any atom is 0.304 e. The number of carbonyl (C=O) groups is 1. The van der Waals surface area contributed by atoms with Gasteiger partial charge < -0.3 is 10.4 Å². The van der Waals surface area contributed by atoms with E-state index in [0.717, 1.165) is 5.92 Å². The van der Waals surface area contributed by atoms with E-state index in [2.05, 4.69) is 12.2 Å². The normalized spacial score (nSPS) is 28.7. The summed E-state index contributed by atoms with van der Waals surface area (Å²) in [5, 5.41) is 11.7. The van der Waals surface area contributed by atoms with Crippen LogP contribution in [-0.4, -0.2) is 23.7 Å². The molecule has 0 aromatic heterocycles. The average molecular weight is 185 g/mol. The summed E-state index contributed by atoms with van der Waals surface area (Å²) >= 11 is 0. The lowest BCUT2D eigenvalue weighted by molar-refractivity contribution is -0.136. The minimum atomic E-state index is -0.711. The first-order valence-corrected chi connectivity index (χ1v) is 5.13. The third kappa shape index (κ3) is 4.27. The summed E-state index contributed by atoms with van der Waals surface area (Å²) in [6.45, 7) is 2.90. The van der Waals surface area contributed by atoms with Gasteiger partial charge in [-0.2, -0.15) is 0 Å². The number of hydrogen-bond acceptors (Lipinski definition) is 2. The van der Waals surface area contributed by atoms with Crippen LogP contribution >= 0.6 is 0 Å². The van der Waals surface area contributed by atoms with Crippen molar-refractivity contribution >= 4 is 5.97 Å². The van der Waals surface area contributed by atoms with E-state index in [1.54, 1.807) is 0 Å². The van der Waals surface area contributed by atoms with Crippen LogP contribution in [0.4, 0.5) is 0 Å². The maximum atomic E-state index is 10.3. The van der Waals surface area contributed by atoms with Crippen LogP contribution in [0, 0.1) is 5.92 Å². The zero-order chi connectivity index (χ0) is 9.68. The molecule has 0 aliphatic heterocycles. The van der Waals surface area contributed by atoms with Crippen molar-refractivity contribution in [2.45, 2.75) is 45.1 Å². The van der Waals surface area contributed by atoms with Crippen molar-refractivity contribution in [2.24, 2.45) is 5.92 Å². The van der Waals surface area contributed by atoms with Crippen LogP contribution in [0.5, 0.6) is 0 Å². The van der Waals surface area contributed by atoms with Crippen LogP contribution in [0.3, 0.4) is 0 Å². The molecule has 0 saturated heterocycles. The van der Waals surface area contributed by atoms with E-state index in [9.17, 15) is 4.79 Å². The predicted octanol–water partition coefficient (Wildman–Crippen LogP) is 1.63. The molecule has 0 atom stereocenters. The molecule has 3 heteroatoms. The Morgan fingerprint density at radius 2 is 2.00 bits per heavy atom. The first kappa shape index (κ1) is 10.5. The van der Waals surface area contributed by atoms with E-state index in [0.29, 0.717) is 12.6 Å². The second kappa shape index (κ2) is 5.22. The third-order valence-electron chi connectivity index (χ3n) is 2.79. The molecule has 0 unspecified atom stereocenters. The van der Waals surface area contributed by atoms with E-state index in [1.807, 2.05) is 0 Å². The van der Waals surface area contributed by atoms with Gasteiger partial charge in [0.05, 0.1) is 6.42 Å². The van der Waals surface area contributed by atoms with E-state index in [4.69, 9.17) is 5.11 Å². The van der Waals surface area contributed by atoms with E-state index < -0.39 is 5.97 Å². The molecule has 0 aromatic rings. The molecule has 0 aromatic carbocycles. The van der Waals surface area contributed by atoms with Gasteiger partial charge in [0.2, 0.25) is 0 Å². The van der Waals surface area contributed by atoms with Crippen LogP contribution in [-0.2, 0) is 4.79 Å². The lowest BCUT2D eigenvalue weighted by atomic mass is 9.87. The second-order valence-electron chi connectivity index (χ2n) is 4.05.